The second-order valence-electron chi connectivity index (χ2n) is 5.44. The van der Waals surface area contributed by atoms with Crippen molar-refractivity contribution in [3.8, 4) is 5.75 Å². The van der Waals surface area contributed by atoms with Gasteiger partial charge in [0.15, 0.2) is 0 Å². The first-order chi connectivity index (χ1) is 11.5. The van der Waals surface area contributed by atoms with Gasteiger partial charge >= 0.3 is 0 Å². The number of aromatic hydroxyl groups is 1. The fourth-order valence-electron chi connectivity index (χ4n) is 2.50. The van der Waals surface area contributed by atoms with E-state index in [1.165, 1.54) is 6.21 Å². The normalized spacial score (nSPS) is 11.0. The molecule has 0 aliphatic rings. The van der Waals surface area contributed by atoms with Crippen LogP contribution in [0.3, 0.4) is 0 Å². The fourth-order valence-corrected chi connectivity index (χ4v) is 2.50. The molecule has 1 heterocycles. The van der Waals surface area contributed by atoms with Gasteiger partial charge < -0.3 is 14.4 Å². The van der Waals surface area contributed by atoms with Crippen molar-refractivity contribution >= 4 is 17.8 Å². The largest absolute Gasteiger partial charge is 0.507 e. The lowest BCUT2D eigenvalue weighted by atomic mass is 10.2. The second kappa shape index (κ2) is 7.68. The maximum Gasteiger partial charge on any atom is 0.274 e. The number of benzene rings is 1. The molecule has 2 aromatic rings. The third-order valence-corrected chi connectivity index (χ3v) is 3.80. The zero-order valence-electron chi connectivity index (χ0n) is 14.5. The SMILES string of the molecule is CCN(CC)c1ccc(/C=N\NC(=O)c2cc(C)oc2C)c(O)c1. The summed E-state index contributed by atoms with van der Waals surface area (Å²) in [6, 6.07) is 7.04. The van der Waals surface area contributed by atoms with Crippen molar-refractivity contribution < 1.29 is 14.3 Å². The van der Waals surface area contributed by atoms with Crippen LogP contribution < -0.4 is 10.3 Å². The van der Waals surface area contributed by atoms with Gasteiger partial charge in [0.25, 0.3) is 5.91 Å². The van der Waals surface area contributed by atoms with Crippen LogP contribution in [0.5, 0.6) is 5.75 Å². The number of anilines is 1. The van der Waals surface area contributed by atoms with E-state index in [0.717, 1.165) is 18.8 Å². The number of hydrogen-bond donors (Lipinski definition) is 2. The van der Waals surface area contributed by atoms with Gasteiger partial charge in [-0.05, 0) is 45.9 Å². The Kier molecular flexibility index (Phi) is 5.63. The Bertz CT molecular complexity index is 746. The quantitative estimate of drug-likeness (QED) is 0.630. The molecule has 24 heavy (non-hydrogen) atoms. The third kappa shape index (κ3) is 3.95. The molecule has 2 rings (SSSR count). The molecule has 1 amide bonds. The molecule has 0 aliphatic carbocycles. The number of hydrogen-bond acceptors (Lipinski definition) is 5. The van der Waals surface area contributed by atoms with Crippen LogP contribution in [0.4, 0.5) is 5.69 Å². The standard InChI is InChI=1S/C18H23N3O3/c1-5-21(6-2)15-8-7-14(17(22)10-15)11-19-20-18(23)16-9-12(3)24-13(16)4/h7-11,22H,5-6H2,1-4H3,(H,20,23)/b19-11-. The number of aryl methyl sites for hydroxylation is 2. The lowest BCUT2D eigenvalue weighted by Crippen LogP contribution is -2.21. The van der Waals surface area contributed by atoms with Gasteiger partial charge in [0, 0.05) is 30.4 Å². The summed E-state index contributed by atoms with van der Waals surface area (Å²) >= 11 is 0. The van der Waals surface area contributed by atoms with Gasteiger partial charge in [-0.2, -0.15) is 5.10 Å². The van der Waals surface area contributed by atoms with E-state index in [9.17, 15) is 9.90 Å². The van der Waals surface area contributed by atoms with Gasteiger partial charge in [-0.25, -0.2) is 5.43 Å². The Morgan fingerprint density at radius 3 is 2.54 bits per heavy atom. The van der Waals surface area contributed by atoms with Gasteiger partial charge in [0.1, 0.15) is 17.3 Å². The minimum absolute atomic E-state index is 0.118. The molecule has 0 radical (unpaired) electrons. The maximum atomic E-state index is 12.0. The summed E-state index contributed by atoms with van der Waals surface area (Å²) in [5.41, 5.74) is 4.37. The van der Waals surface area contributed by atoms with E-state index in [0.29, 0.717) is 22.6 Å². The molecular formula is C18H23N3O3. The number of carbonyl (C=O) groups excluding carboxylic acids is 1. The molecule has 0 fully saturated rings. The van der Waals surface area contributed by atoms with Crippen molar-refractivity contribution in [3.63, 3.8) is 0 Å². The van der Waals surface area contributed by atoms with Crippen LogP contribution in [0, 0.1) is 13.8 Å². The zero-order chi connectivity index (χ0) is 17.7. The number of phenols is 1. The number of phenolic OH excluding ortho intramolecular Hbond substituents is 1. The van der Waals surface area contributed by atoms with E-state index in [4.69, 9.17) is 4.42 Å². The average Bonchev–Trinajstić information content (AvgIpc) is 2.89. The molecule has 2 N–H and O–H groups in total. The zero-order valence-corrected chi connectivity index (χ0v) is 14.5. The van der Waals surface area contributed by atoms with Crippen molar-refractivity contribution in [1.29, 1.82) is 0 Å². The Hall–Kier alpha value is -2.76. The molecule has 0 saturated carbocycles. The minimum Gasteiger partial charge on any atom is -0.507 e. The molecule has 6 heteroatoms. The first-order valence-electron chi connectivity index (χ1n) is 7.94. The van der Waals surface area contributed by atoms with Crippen LogP contribution in [0.1, 0.15) is 41.3 Å². The highest BCUT2D eigenvalue weighted by atomic mass is 16.3. The predicted molar refractivity (Wildman–Crippen MR) is 94.9 cm³/mol. The van der Waals surface area contributed by atoms with E-state index in [1.54, 1.807) is 32.0 Å². The first kappa shape index (κ1) is 17.6. The molecule has 0 atom stereocenters. The van der Waals surface area contributed by atoms with E-state index >= 15 is 0 Å². The van der Waals surface area contributed by atoms with Gasteiger partial charge in [-0.15, -0.1) is 0 Å². The Labute approximate surface area is 141 Å². The van der Waals surface area contributed by atoms with E-state index in [2.05, 4.69) is 29.3 Å². The van der Waals surface area contributed by atoms with Gasteiger partial charge in [-0.1, -0.05) is 0 Å². The number of furan rings is 1. The number of hydrazone groups is 1. The van der Waals surface area contributed by atoms with Crippen LogP contribution in [-0.4, -0.2) is 30.3 Å². The van der Waals surface area contributed by atoms with Crippen molar-refractivity contribution in [3.05, 3.63) is 46.9 Å². The monoisotopic (exact) mass is 329 g/mol. The smallest absolute Gasteiger partial charge is 0.274 e. The summed E-state index contributed by atoms with van der Waals surface area (Å²) in [7, 11) is 0. The number of nitrogens with zero attached hydrogens (tertiary/aromatic N) is 2. The molecule has 6 nitrogen and oxygen atoms in total. The topological polar surface area (TPSA) is 78.1 Å². The summed E-state index contributed by atoms with van der Waals surface area (Å²) in [6.45, 7) is 9.35. The van der Waals surface area contributed by atoms with Gasteiger partial charge in [0.05, 0.1) is 11.8 Å². The molecule has 0 spiro atoms. The van der Waals surface area contributed by atoms with E-state index in [-0.39, 0.29) is 11.7 Å². The number of carbonyl (C=O) groups is 1. The molecule has 0 saturated heterocycles. The average molecular weight is 329 g/mol. The predicted octanol–water partition coefficient (Wildman–Crippen LogP) is 3.21. The number of amides is 1. The summed E-state index contributed by atoms with van der Waals surface area (Å²) in [4.78, 5) is 14.2. The molecule has 0 bridgehead atoms. The van der Waals surface area contributed by atoms with Crippen molar-refractivity contribution in [2.75, 3.05) is 18.0 Å². The summed E-state index contributed by atoms with van der Waals surface area (Å²) < 4.78 is 5.32. The lowest BCUT2D eigenvalue weighted by Gasteiger charge is -2.21. The number of nitrogens with one attached hydrogen (secondary N) is 1. The minimum atomic E-state index is -0.347. The highest BCUT2D eigenvalue weighted by Crippen LogP contribution is 2.23. The number of rotatable bonds is 6. The summed E-state index contributed by atoms with van der Waals surface area (Å²) in [5.74, 6) is 0.991. The lowest BCUT2D eigenvalue weighted by molar-refractivity contribution is 0.0953. The Morgan fingerprint density at radius 1 is 1.29 bits per heavy atom. The second-order valence-corrected chi connectivity index (χ2v) is 5.44. The first-order valence-corrected chi connectivity index (χ1v) is 7.94. The third-order valence-electron chi connectivity index (χ3n) is 3.80. The van der Waals surface area contributed by atoms with Crippen molar-refractivity contribution in [1.82, 2.24) is 5.43 Å². The van der Waals surface area contributed by atoms with Crippen molar-refractivity contribution in [2.45, 2.75) is 27.7 Å². The van der Waals surface area contributed by atoms with Crippen LogP contribution in [0.15, 0.2) is 33.8 Å². The molecular weight excluding hydrogens is 306 g/mol. The van der Waals surface area contributed by atoms with Crippen LogP contribution in [-0.2, 0) is 0 Å². The molecule has 1 aromatic heterocycles. The van der Waals surface area contributed by atoms with Crippen LogP contribution >= 0.6 is 0 Å². The summed E-state index contributed by atoms with van der Waals surface area (Å²) in [6.07, 6.45) is 1.42. The van der Waals surface area contributed by atoms with Crippen LogP contribution in [0.2, 0.25) is 0 Å². The molecule has 0 unspecified atom stereocenters. The molecule has 0 aliphatic heterocycles. The molecule has 128 valence electrons. The Morgan fingerprint density at radius 2 is 2.00 bits per heavy atom. The fraction of sp³-hybridized carbons (Fsp3) is 0.333. The maximum absolute atomic E-state index is 12.0. The molecule has 1 aromatic carbocycles. The van der Waals surface area contributed by atoms with Gasteiger partial charge in [-0.3, -0.25) is 4.79 Å². The van der Waals surface area contributed by atoms with E-state index < -0.39 is 0 Å². The van der Waals surface area contributed by atoms with E-state index in [1.807, 2.05) is 6.07 Å². The highest BCUT2D eigenvalue weighted by Gasteiger charge is 2.12. The Balaban J connectivity index is 2.06. The van der Waals surface area contributed by atoms with Crippen LogP contribution in [0.25, 0.3) is 0 Å². The highest BCUT2D eigenvalue weighted by molar-refractivity contribution is 5.96. The van der Waals surface area contributed by atoms with Gasteiger partial charge in [0.2, 0.25) is 0 Å². The van der Waals surface area contributed by atoms with Crippen molar-refractivity contribution in [2.24, 2.45) is 5.10 Å². The summed E-state index contributed by atoms with van der Waals surface area (Å²) in [5, 5.41) is 14.0.